The molecular weight excluding hydrogens is 701 g/mol. The van der Waals surface area contributed by atoms with Crippen LogP contribution in [0.3, 0.4) is 0 Å². The Bertz CT molecular complexity index is 3710. The molecule has 0 amide bonds. The predicted octanol–water partition coefficient (Wildman–Crippen LogP) is 11.4. The molecule has 6 aromatic heterocycles. The molecule has 266 valence electrons. The molecule has 6 heterocycles. The quantitative estimate of drug-likeness (QED) is 0.181. The molecule has 0 aliphatic rings. The third-order valence-electron chi connectivity index (χ3n) is 11.5. The van der Waals surface area contributed by atoms with E-state index >= 15 is 0 Å². The molecule has 0 spiro atoms. The number of benzene rings is 7. The van der Waals surface area contributed by atoms with Crippen LogP contribution in [0.2, 0.25) is 0 Å². The van der Waals surface area contributed by atoms with E-state index in [4.69, 9.17) is 15.0 Å². The Morgan fingerprint density at radius 2 is 0.912 bits per heavy atom. The highest BCUT2D eigenvalue weighted by Crippen LogP contribution is 2.41. The van der Waals surface area contributed by atoms with E-state index in [0.29, 0.717) is 5.95 Å². The van der Waals surface area contributed by atoms with Gasteiger partial charge in [0.05, 0.1) is 61.4 Å². The summed E-state index contributed by atoms with van der Waals surface area (Å²) in [7, 11) is 0. The zero-order chi connectivity index (χ0) is 37.2. The van der Waals surface area contributed by atoms with E-state index in [1.807, 2.05) is 12.3 Å². The minimum absolute atomic E-state index is 0.636. The van der Waals surface area contributed by atoms with E-state index in [0.717, 1.165) is 88.9 Å². The van der Waals surface area contributed by atoms with Crippen LogP contribution >= 0.6 is 0 Å². The summed E-state index contributed by atoms with van der Waals surface area (Å²) in [5.41, 5.74) is 13.4. The maximum Gasteiger partial charge on any atom is 0.235 e. The van der Waals surface area contributed by atoms with Gasteiger partial charge < -0.3 is 0 Å². The number of nitrogens with zero attached hydrogens (tertiary/aromatic N) is 8. The minimum Gasteiger partial charge on any atom is -0.295 e. The van der Waals surface area contributed by atoms with Crippen molar-refractivity contribution in [3.63, 3.8) is 0 Å². The molecule has 0 saturated heterocycles. The number of hydrogen-bond donors (Lipinski definition) is 0. The Labute approximate surface area is 324 Å². The molecule has 0 atom stereocenters. The molecule has 0 unspecified atom stereocenters. The van der Waals surface area contributed by atoms with Crippen molar-refractivity contribution in [2.75, 3.05) is 0 Å². The average molecular weight is 731 g/mol. The second-order valence-electron chi connectivity index (χ2n) is 14.6. The third kappa shape index (κ3) is 4.07. The van der Waals surface area contributed by atoms with Crippen molar-refractivity contribution in [2.45, 2.75) is 0 Å². The van der Waals surface area contributed by atoms with Gasteiger partial charge in [0.15, 0.2) is 0 Å². The van der Waals surface area contributed by atoms with Crippen molar-refractivity contribution >= 4 is 82.6 Å². The lowest BCUT2D eigenvalue weighted by molar-refractivity contribution is 1.000. The van der Waals surface area contributed by atoms with E-state index in [2.05, 4.69) is 193 Å². The van der Waals surface area contributed by atoms with Gasteiger partial charge in [-0.1, -0.05) is 103 Å². The van der Waals surface area contributed by atoms with Gasteiger partial charge in [-0.3, -0.25) is 22.7 Å². The van der Waals surface area contributed by atoms with Crippen LogP contribution in [0, 0.1) is 0 Å². The summed E-state index contributed by atoms with van der Waals surface area (Å²) in [5.74, 6) is 1.51. The first-order valence-electron chi connectivity index (χ1n) is 19.1. The second kappa shape index (κ2) is 11.3. The van der Waals surface area contributed by atoms with Crippen LogP contribution in [0.5, 0.6) is 0 Å². The fourth-order valence-electron chi connectivity index (χ4n) is 9.22. The zero-order valence-electron chi connectivity index (χ0n) is 30.4. The molecule has 0 bridgehead atoms. The summed E-state index contributed by atoms with van der Waals surface area (Å²) < 4.78 is 11.4. The number of aromatic nitrogens is 8. The van der Waals surface area contributed by atoms with Crippen LogP contribution in [0.25, 0.3) is 106 Å². The normalized spacial score (nSPS) is 12.2. The highest BCUT2D eigenvalue weighted by molar-refractivity contribution is 6.21. The summed E-state index contributed by atoms with van der Waals surface area (Å²) in [4.78, 5) is 15.9. The summed E-state index contributed by atoms with van der Waals surface area (Å²) in [6.45, 7) is 0. The Morgan fingerprint density at radius 1 is 0.368 bits per heavy atom. The number of imidazole rings is 2. The Morgan fingerprint density at radius 3 is 1.65 bits per heavy atom. The molecule has 0 N–H and O–H groups in total. The fraction of sp³-hybridized carbons (Fsp3) is 0. The van der Waals surface area contributed by atoms with Crippen molar-refractivity contribution in [2.24, 2.45) is 0 Å². The Kier molecular flexibility index (Phi) is 6.01. The van der Waals surface area contributed by atoms with Gasteiger partial charge in [0.2, 0.25) is 11.7 Å². The van der Waals surface area contributed by atoms with E-state index in [1.54, 1.807) is 0 Å². The summed E-state index contributed by atoms with van der Waals surface area (Å²) in [6, 6.07) is 61.9. The zero-order valence-corrected chi connectivity index (χ0v) is 30.4. The second-order valence-corrected chi connectivity index (χ2v) is 14.6. The molecule has 0 fully saturated rings. The molecule has 7 aromatic carbocycles. The van der Waals surface area contributed by atoms with Crippen molar-refractivity contribution in [1.29, 1.82) is 0 Å². The maximum absolute atomic E-state index is 5.53. The molecule has 8 heteroatoms. The van der Waals surface area contributed by atoms with Gasteiger partial charge in [0.1, 0.15) is 11.2 Å². The van der Waals surface area contributed by atoms with Crippen LogP contribution in [-0.4, -0.2) is 37.6 Å². The summed E-state index contributed by atoms with van der Waals surface area (Å²) >= 11 is 0. The van der Waals surface area contributed by atoms with Crippen molar-refractivity contribution in [1.82, 2.24) is 37.6 Å². The molecule has 0 aliphatic heterocycles. The molecule has 0 saturated carbocycles. The van der Waals surface area contributed by atoms with Gasteiger partial charge in [0.25, 0.3) is 0 Å². The average Bonchev–Trinajstić information content (AvgIpc) is 4.06. The van der Waals surface area contributed by atoms with Gasteiger partial charge in [0, 0.05) is 27.5 Å². The van der Waals surface area contributed by atoms with Crippen molar-refractivity contribution in [3.8, 4) is 23.0 Å². The maximum atomic E-state index is 5.53. The lowest BCUT2D eigenvalue weighted by Crippen LogP contribution is -2.04. The van der Waals surface area contributed by atoms with E-state index in [1.165, 1.54) is 10.8 Å². The largest absolute Gasteiger partial charge is 0.295 e. The van der Waals surface area contributed by atoms with Crippen LogP contribution in [0.4, 0.5) is 0 Å². The number of hydrogen-bond acceptors (Lipinski definition) is 3. The lowest BCUT2D eigenvalue weighted by atomic mass is 10.2. The SMILES string of the molecule is c1ccc(-n2c3ccccc3c3c4nc(-n5c6ccccc6c6ccccc65)ncc4n(-c4cccc(-n5c6ccccc6n6c7ccccc7nc56)c4)c32)cc1. The van der Waals surface area contributed by atoms with Gasteiger partial charge in [-0.2, -0.15) is 0 Å². The molecule has 13 rings (SSSR count). The van der Waals surface area contributed by atoms with Crippen LogP contribution in [-0.2, 0) is 0 Å². The van der Waals surface area contributed by atoms with E-state index in [-0.39, 0.29) is 0 Å². The number of fused-ring (bicyclic) bond motifs is 13. The van der Waals surface area contributed by atoms with Gasteiger partial charge in [-0.15, -0.1) is 0 Å². The van der Waals surface area contributed by atoms with Crippen LogP contribution < -0.4 is 0 Å². The monoisotopic (exact) mass is 730 g/mol. The fourth-order valence-corrected chi connectivity index (χ4v) is 9.22. The van der Waals surface area contributed by atoms with Gasteiger partial charge in [-0.25, -0.2) is 15.0 Å². The highest BCUT2D eigenvalue weighted by atomic mass is 15.2. The van der Waals surface area contributed by atoms with E-state index in [9.17, 15) is 0 Å². The van der Waals surface area contributed by atoms with Crippen molar-refractivity contribution < 1.29 is 0 Å². The first kappa shape index (κ1) is 30.4. The molecule has 0 radical (unpaired) electrons. The molecule has 8 nitrogen and oxygen atoms in total. The third-order valence-corrected chi connectivity index (χ3v) is 11.5. The van der Waals surface area contributed by atoms with Gasteiger partial charge >= 0.3 is 0 Å². The number of para-hydroxylation sites is 8. The number of rotatable bonds is 4. The van der Waals surface area contributed by atoms with E-state index < -0.39 is 0 Å². The van der Waals surface area contributed by atoms with Crippen LogP contribution in [0.1, 0.15) is 0 Å². The summed E-state index contributed by atoms with van der Waals surface area (Å²) in [6.07, 6.45) is 2.00. The summed E-state index contributed by atoms with van der Waals surface area (Å²) in [5, 5.41) is 4.56. The lowest BCUT2D eigenvalue weighted by Gasteiger charge is -2.14. The first-order valence-corrected chi connectivity index (χ1v) is 19.1. The van der Waals surface area contributed by atoms with Gasteiger partial charge in [-0.05, 0) is 72.8 Å². The van der Waals surface area contributed by atoms with Crippen molar-refractivity contribution in [3.05, 3.63) is 182 Å². The standard InChI is InChI=1S/C49H30N8/c1-2-15-31(16-3-1)53-40-25-10-6-21-36(40)45-46-44(30-50-48(52-46)56-38-23-8-4-19-34(38)35-20-5-9-24-39(35)56)54(47(45)53)32-17-14-18-33(29-32)55-42-27-12-13-28-43(42)57-41-26-11-7-22-37(41)51-49(55)57/h1-30H. The minimum atomic E-state index is 0.636. The first-order chi connectivity index (χ1) is 28.3. The predicted molar refractivity (Wildman–Crippen MR) is 231 cm³/mol. The van der Waals surface area contributed by atoms with Crippen LogP contribution in [0.15, 0.2) is 182 Å². The Balaban J connectivity index is 1.14. The molecule has 57 heavy (non-hydrogen) atoms. The molecule has 13 aromatic rings. The molecule has 0 aliphatic carbocycles. The Hall–Kier alpha value is -7.97. The molecular formula is C49H30N8. The highest BCUT2D eigenvalue weighted by Gasteiger charge is 2.25. The smallest absolute Gasteiger partial charge is 0.235 e. The topological polar surface area (TPSA) is 62.8 Å².